The van der Waals surface area contributed by atoms with Gasteiger partial charge in [-0.1, -0.05) is 0 Å². The maximum atomic E-state index is 5.13. The van der Waals surface area contributed by atoms with Crippen LogP contribution >= 0.6 is 0 Å². The van der Waals surface area contributed by atoms with Crippen LogP contribution in [0, 0.1) is 13.8 Å². The molecule has 0 unspecified atom stereocenters. The molecule has 0 saturated heterocycles. The SMILES string of the molecule is [CH]CN(C)C[CH]. The minimum atomic E-state index is 0.538. The van der Waals surface area contributed by atoms with Gasteiger partial charge < -0.3 is 4.90 Å². The van der Waals surface area contributed by atoms with Gasteiger partial charge in [-0.3, -0.25) is 0 Å². The maximum Gasteiger partial charge on any atom is 0.00132 e. The molecule has 0 rings (SSSR count). The van der Waals surface area contributed by atoms with Crippen molar-refractivity contribution < 1.29 is 0 Å². The molecular weight excluding hydrogens is 74.1 g/mol. The lowest BCUT2D eigenvalue weighted by molar-refractivity contribution is 0.409. The van der Waals surface area contributed by atoms with Gasteiger partial charge in [0.05, 0.1) is 0 Å². The smallest absolute Gasteiger partial charge is 0.00132 e. The van der Waals surface area contributed by atoms with Gasteiger partial charge in [0.15, 0.2) is 0 Å². The van der Waals surface area contributed by atoms with Gasteiger partial charge in [0.2, 0.25) is 0 Å². The lowest BCUT2D eigenvalue weighted by Crippen LogP contribution is -2.16. The van der Waals surface area contributed by atoms with Crippen LogP contribution < -0.4 is 0 Å². The summed E-state index contributed by atoms with van der Waals surface area (Å²) in [5, 5.41) is 0. The second kappa shape index (κ2) is 3.16. The molecule has 1 heteroatoms. The molecule has 4 radical (unpaired) electrons. The third-order valence-corrected chi connectivity index (χ3v) is 0.623. The van der Waals surface area contributed by atoms with E-state index in [4.69, 9.17) is 13.8 Å². The van der Waals surface area contributed by atoms with Crippen molar-refractivity contribution in [3.8, 4) is 0 Å². The minimum Gasteiger partial charge on any atom is -0.306 e. The van der Waals surface area contributed by atoms with Crippen LogP contribution in [0.1, 0.15) is 0 Å². The third-order valence-electron chi connectivity index (χ3n) is 0.623. The highest BCUT2D eigenvalue weighted by Gasteiger charge is 1.82. The van der Waals surface area contributed by atoms with Crippen molar-refractivity contribution in [2.24, 2.45) is 0 Å². The summed E-state index contributed by atoms with van der Waals surface area (Å²) in [4.78, 5) is 1.81. The van der Waals surface area contributed by atoms with Crippen molar-refractivity contribution in [2.75, 3.05) is 20.1 Å². The average Bonchev–Trinajstić information content (AvgIpc) is 1.65. The maximum absolute atomic E-state index is 5.13. The van der Waals surface area contributed by atoms with E-state index < -0.39 is 0 Å². The molecule has 0 N–H and O–H groups in total. The predicted octanol–water partition coefficient (Wildman–Crippen LogP) is 0.340. The second-order valence-electron chi connectivity index (χ2n) is 1.22. The first-order valence-electron chi connectivity index (χ1n) is 1.90. The molecule has 0 aromatic carbocycles. The highest BCUT2D eigenvalue weighted by molar-refractivity contribution is 4.51. The summed E-state index contributed by atoms with van der Waals surface area (Å²) < 4.78 is 0. The lowest BCUT2D eigenvalue weighted by Gasteiger charge is -2.06. The Bertz CT molecular complexity index is 23.1. The summed E-state index contributed by atoms with van der Waals surface area (Å²) in [5.41, 5.74) is 0. The summed E-state index contributed by atoms with van der Waals surface area (Å²) >= 11 is 0. The van der Waals surface area contributed by atoms with Gasteiger partial charge >= 0.3 is 0 Å². The van der Waals surface area contributed by atoms with E-state index in [0.29, 0.717) is 13.1 Å². The van der Waals surface area contributed by atoms with Gasteiger partial charge in [0, 0.05) is 13.1 Å². The van der Waals surface area contributed by atoms with E-state index >= 15 is 0 Å². The number of nitrogens with zero attached hydrogens (tertiary/aromatic N) is 1. The van der Waals surface area contributed by atoms with Gasteiger partial charge in [-0.05, 0) is 20.9 Å². The van der Waals surface area contributed by atoms with E-state index in [0.717, 1.165) is 0 Å². The number of hydrogen-bond donors (Lipinski definition) is 0. The van der Waals surface area contributed by atoms with Crippen LogP contribution in [0.25, 0.3) is 0 Å². The zero-order chi connectivity index (χ0) is 4.99. The molecule has 0 atom stereocenters. The second-order valence-corrected chi connectivity index (χ2v) is 1.22. The van der Waals surface area contributed by atoms with Crippen molar-refractivity contribution in [3.05, 3.63) is 13.8 Å². The first-order valence-corrected chi connectivity index (χ1v) is 1.90. The van der Waals surface area contributed by atoms with Crippen LogP contribution in [0.3, 0.4) is 0 Å². The highest BCUT2D eigenvalue weighted by atomic mass is 15.1. The molecule has 0 bridgehead atoms. The monoisotopic (exact) mass is 83.1 g/mol. The van der Waals surface area contributed by atoms with E-state index in [1.807, 2.05) is 7.05 Å². The summed E-state index contributed by atoms with van der Waals surface area (Å²) in [7, 11) is 1.86. The lowest BCUT2D eigenvalue weighted by atomic mass is 10.6. The molecule has 0 fully saturated rings. The normalized spacial score (nSPS) is 10.0. The Morgan fingerprint density at radius 1 is 1.33 bits per heavy atom. The Morgan fingerprint density at radius 2 is 1.67 bits per heavy atom. The molecule has 34 valence electrons. The molecular formula is C5H9N. The Kier molecular flexibility index (Phi) is 3.14. The summed E-state index contributed by atoms with van der Waals surface area (Å²) in [6, 6.07) is 0. The highest BCUT2D eigenvalue weighted by Crippen LogP contribution is 1.72. The summed E-state index contributed by atoms with van der Waals surface area (Å²) in [5.74, 6) is 0. The Labute approximate surface area is 40.0 Å². The van der Waals surface area contributed by atoms with Crippen molar-refractivity contribution in [1.29, 1.82) is 0 Å². The summed E-state index contributed by atoms with van der Waals surface area (Å²) in [6.07, 6.45) is 0. The van der Waals surface area contributed by atoms with Gasteiger partial charge in [-0.2, -0.15) is 0 Å². The fourth-order valence-corrected chi connectivity index (χ4v) is 0.0745. The standard InChI is InChI=1S/C5H9N/c1-4-6(3)5-2/h1-2H,4-5H2,3H3. The quantitative estimate of drug-likeness (QED) is 0.465. The minimum absolute atomic E-state index is 0.538. The molecule has 0 aromatic rings. The molecule has 0 heterocycles. The fourth-order valence-electron chi connectivity index (χ4n) is 0.0745. The molecule has 0 aromatic heterocycles. The Morgan fingerprint density at radius 3 is 1.67 bits per heavy atom. The van der Waals surface area contributed by atoms with Crippen molar-refractivity contribution in [1.82, 2.24) is 4.90 Å². The van der Waals surface area contributed by atoms with Gasteiger partial charge in [0.1, 0.15) is 0 Å². The zero-order valence-electron chi connectivity index (χ0n) is 4.02. The van der Waals surface area contributed by atoms with E-state index in [1.54, 1.807) is 4.90 Å². The van der Waals surface area contributed by atoms with Crippen molar-refractivity contribution in [3.63, 3.8) is 0 Å². The van der Waals surface area contributed by atoms with Crippen LogP contribution in [0.4, 0.5) is 0 Å². The summed E-state index contributed by atoms with van der Waals surface area (Å²) in [6.45, 7) is 11.3. The third kappa shape index (κ3) is 2.21. The number of rotatable bonds is 2. The first kappa shape index (κ1) is 5.96. The molecule has 0 amide bonds. The van der Waals surface area contributed by atoms with Crippen molar-refractivity contribution in [2.45, 2.75) is 0 Å². The van der Waals surface area contributed by atoms with E-state index in [1.165, 1.54) is 0 Å². The van der Waals surface area contributed by atoms with Crippen LogP contribution in [0.15, 0.2) is 0 Å². The predicted molar refractivity (Wildman–Crippen MR) is 26.1 cm³/mol. The van der Waals surface area contributed by atoms with Crippen LogP contribution in [-0.2, 0) is 0 Å². The van der Waals surface area contributed by atoms with Gasteiger partial charge in [-0.25, -0.2) is 0 Å². The van der Waals surface area contributed by atoms with E-state index in [9.17, 15) is 0 Å². The number of hydrogen-bond acceptors (Lipinski definition) is 1. The first-order chi connectivity index (χ1) is 2.81. The topological polar surface area (TPSA) is 3.24 Å². The molecule has 0 aliphatic heterocycles. The Balaban J connectivity index is 2.75. The Hall–Kier alpha value is -0.0400. The molecule has 6 heavy (non-hydrogen) atoms. The van der Waals surface area contributed by atoms with E-state index in [-0.39, 0.29) is 0 Å². The van der Waals surface area contributed by atoms with Crippen molar-refractivity contribution >= 4 is 0 Å². The molecule has 1 nitrogen and oxygen atoms in total. The van der Waals surface area contributed by atoms with Crippen LogP contribution in [0.2, 0.25) is 0 Å². The van der Waals surface area contributed by atoms with Crippen LogP contribution in [0.5, 0.6) is 0 Å². The molecule has 0 aliphatic rings. The molecule has 0 aliphatic carbocycles. The van der Waals surface area contributed by atoms with Gasteiger partial charge in [0.25, 0.3) is 0 Å². The largest absolute Gasteiger partial charge is 0.306 e. The molecule has 0 saturated carbocycles. The van der Waals surface area contributed by atoms with Crippen LogP contribution in [-0.4, -0.2) is 25.0 Å². The molecule has 0 spiro atoms. The van der Waals surface area contributed by atoms with E-state index in [2.05, 4.69) is 0 Å². The van der Waals surface area contributed by atoms with Gasteiger partial charge in [-0.15, -0.1) is 0 Å². The average molecular weight is 83.1 g/mol. The zero-order valence-corrected chi connectivity index (χ0v) is 4.02. The fraction of sp³-hybridized carbons (Fsp3) is 0.600.